The highest BCUT2D eigenvalue weighted by Gasteiger charge is 2.22. The van der Waals surface area contributed by atoms with Crippen LogP contribution in [0.15, 0.2) is 22.7 Å². The maximum atomic E-state index is 13.2. The third kappa shape index (κ3) is 4.18. The number of nitrogens with zero attached hydrogens (tertiary/aromatic N) is 1. The molecule has 2 N–H and O–H groups in total. The molecule has 0 radical (unpaired) electrons. The van der Waals surface area contributed by atoms with Crippen molar-refractivity contribution in [1.29, 1.82) is 0 Å². The molecular formula is C14H18BrFN2O2. The maximum Gasteiger partial charge on any atom is 0.317 e. The molecule has 2 rings (SSSR count). The van der Waals surface area contributed by atoms with Crippen LogP contribution in [-0.2, 0) is 6.54 Å². The number of rotatable bonds is 3. The van der Waals surface area contributed by atoms with E-state index < -0.39 is 0 Å². The molecule has 1 unspecified atom stereocenters. The molecule has 20 heavy (non-hydrogen) atoms. The Balaban J connectivity index is 1.88. The van der Waals surface area contributed by atoms with Gasteiger partial charge in [0.25, 0.3) is 0 Å². The first kappa shape index (κ1) is 15.3. The first-order chi connectivity index (χ1) is 9.58. The summed E-state index contributed by atoms with van der Waals surface area (Å²) in [6.45, 7) is 1.68. The van der Waals surface area contributed by atoms with Gasteiger partial charge in [-0.2, -0.15) is 0 Å². The minimum absolute atomic E-state index is 0.112. The van der Waals surface area contributed by atoms with E-state index in [0.717, 1.165) is 12.8 Å². The summed E-state index contributed by atoms with van der Waals surface area (Å²) in [6, 6.07) is 4.39. The molecule has 1 heterocycles. The van der Waals surface area contributed by atoms with Crippen molar-refractivity contribution in [2.45, 2.75) is 19.4 Å². The van der Waals surface area contributed by atoms with E-state index >= 15 is 0 Å². The number of carbonyl (C=O) groups is 1. The number of carbonyl (C=O) groups excluding carboxylic acids is 1. The van der Waals surface area contributed by atoms with E-state index in [4.69, 9.17) is 5.11 Å². The minimum atomic E-state index is -0.332. The topological polar surface area (TPSA) is 52.6 Å². The van der Waals surface area contributed by atoms with E-state index in [2.05, 4.69) is 21.2 Å². The number of nitrogens with one attached hydrogen (secondary N) is 1. The maximum absolute atomic E-state index is 13.2. The van der Waals surface area contributed by atoms with Gasteiger partial charge >= 0.3 is 6.03 Å². The Hall–Kier alpha value is -1.14. The molecule has 1 atom stereocenters. The smallest absolute Gasteiger partial charge is 0.317 e. The van der Waals surface area contributed by atoms with Gasteiger partial charge < -0.3 is 15.3 Å². The lowest BCUT2D eigenvalue weighted by molar-refractivity contribution is 0.129. The van der Waals surface area contributed by atoms with E-state index in [0.29, 0.717) is 23.1 Å². The van der Waals surface area contributed by atoms with E-state index in [9.17, 15) is 9.18 Å². The van der Waals surface area contributed by atoms with Crippen molar-refractivity contribution in [3.8, 4) is 0 Å². The number of hydrogen-bond donors (Lipinski definition) is 2. The lowest BCUT2D eigenvalue weighted by atomic mass is 9.99. The number of halogens is 2. The van der Waals surface area contributed by atoms with Crippen LogP contribution in [0.4, 0.5) is 9.18 Å². The summed E-state index contributed by atoms with van der Waals surface area (Å²) in [7, 11) is 0. The molecule has 1 aliphatic heterocycles. The normalized spacial score (nSPS) is 18.9. The van der Waals surface area contributed by atoms with E-state index in [-0.39, 0.29) is 30.9 Å². The van der Waals surface area contributed by atoms with Crippen LogP contribution in [0.1, 0.15) is 18.4 Å². The van der Waals surface area contributed by atoms with E-state index in [1.54, 1.807) is 11.0 Å². The molecule has 1 aromatic carbocycles. The fraction of sp³-hybridized carbons (Fsp3) is 0.500. The highest BCUT2D eigenvalue weighted by molar-refractivity contribution is 9.10. The van der Waals surface area contributed by atoms with Crippen LogP contribution in [0.25, 0.3) is 0 Å². The second-order valence-corrected chi connectivity index (χ2v) is 5.99. The van der Waals surface area contributed by atoms with Crippen LogP contribution in [0.3, 0.4) is 0 Å². The van der Waals surface area contributed by atoms with Gasteiger partial charge in [-0.15, -0.1) is 0 Å². The summed E-state index contributed by atoms with van der Waals surface area (Å²) in [5.41, 5.74) is 0.709. The van der Waals surface area contributed by atoms with Gasteiger partial charge in [0.15, 0.2) is 0 Å². The lowest BCUT2D eigenvalue weighted by Crippen LogP contribution is -2.45. The Bertz CT molecular complexity index is 464. The summed E-state index contributed by atoms with van der Waals surface area (Å²) in [4.78, 5) is 13.7. The number of piperidine rings is 1. The molecule has 1 aromatic rings. The predicted molar refractivity (Wildman–Crippen MR) is 77.7 cm³/mol. The lowest BCUT2D eigenvalue weighted by Gasteiger charge is -2.31. The van der Waals surface area contributed by atoms with Gasteiger partial charge in [-0.05, 0) is 42.5 Å². The Labute approximate surface area is 126 Å². The number of benzene rings is 1. The standard InChI is InChI=1S/C14H18BrFN2O2/c15-12-4-11(5-13(16)6-12)7-17-14(20)18-3-1-2-10(8-18)9-19/h4-6,10,19H,1-3,7-9H2,(H,17,20). The second-order valence-electron chi connectivity index (χ2n) is 5.07. The molecule has 0 aliphatic carbocycles. The van der Waals surface area contributed by atoms with Crippen molar-refractivity contribution in [2.75, 3.05) is 19.7 Å². The Morgan fingerprint density at radius 2 is 2.30 bits per heavy atom. The van der Waals surface area contributed by atoms with E-state index in [1.807, 2.05) is 0 Å². The number of aliphatic hydroxyl groups excluding tert-OH is 1. The molecule has 0 spiro atoms. The molecule has 110 valence electrons. The van der Waals surface area contributed by atoms with Crippen molar-refractivity contribution in [1.82, 2.24) is 10.2 Å². The fourth-order valence-electron chi connectivity index (χ4n) is 2.40. The number of hydrogen-bond acceptors (Lipinski definition) is 2. The van der Waals surface area contributed by atoms with Gasteiger partial charge in [0.05, 0.1) is 0 Å². The number of aliphatic hydroxyl groups is 1. The van der Waals surface area contributed by atoms with Crippen LogP contribution in [0.5, 0.6) is 0 Å². The largest absolute Gasteiger partial charge is 0.396 e. The molecule has 1 fully saturated rings. The van der Waals surface area contributed by atoms with Crippen molar-refractivity contribution < 1.29 is 14.3 Å². The summed E-state index contributed by atoms with van der Waals surface area (Å²) in [5, 5.41) is 11.9. The molecule has 0 bridgehead atoms. The summed E-state index contributed by atoms with van der Waals surface area (Å²) >= 11 is 3.22. The monoisotopic (exact) mass is 344 g/mol. The Kier molecular flexibility index (Phi) is 5.37. The Morgan fingerprint density at radius 3 is 3.00 bits per heavy atom. The van der Waals surface area contributed by atoms with Gasteiger partial charge in [0, 0.05) is 30.7 Å². The molecule has 1 aliphatic rings. The zero-order valence-electron chi connectivity index (χ0n) is 11.1. The first-order valence-electron chi connectivity index (χ1n) is 6.67. The molecule has 0 aromatic heterocycles. The van der Waals surface area contributed by atoms with Gasteiger partial charge in [0.1, 0.15) is 5.82 Å². The third-order valence-electron chi connectivity index (χ3n) is 3.43. The van der Waals surface area contributed by atoms with Crippen LogP contribution < -0.4 is 5.32 Å². The molecule has 6 heteroatoms. The SMILES string of the molecule is O=C(NCc1cc(F)cc(Br)c1)N1CCCC(CO)C1. The highest BCUT2D eigenvalue weighted by Crippen LogP contribution is 2.17. The fourth-order valence-corrected chi connectivity index (χ4v) is 2.91. The zero-order chi connectivity index (χ0) is 14.5. The number of urea groups is 1. The van der Waals surface area contributed by atoms with E-state index in [1.165, 1.54) is 12.1 Å². The van der Waals surface area contributed by atoms with Gasteiger partial charge in [-0.3, -0.25) is 0 Å². The van der Waals surface area contributed by atoms with Gasteiger partial charge in [-0.1, -0.05) is 15.9 Å². The average Bonchev–Trinajstić information content (AvgIpc) is 2.44. The second kappa shape index (κ2) is 7.04. The van der Waals surface area contributed by atoms with Crippen molar-refractivity contribution in [3.63, 3.8) is 0 Å². The number of amides is 2. The van der Waals surface area contributed by atoms with Crippen LogP contribution in [0, 0.1) is 11.7 Å². The first-order valence-corrected chi connectivity index (χ1v) is 7.46. The van der Waals surface area contributed by atoms with Gasteiger partial charge in [0.2, 0.25) is 0 Å². The summed E-state index contributed by atoms with van der Waals surface area (Å²) in [5.74, 6) is -0.167. The summed E-state index contributed by atoms with van der Waals surface area (Å²) < 4.78 is 13.9. The zero-order valence-corrected chi connectivity index (χ0v) is 12.7. The minimum Gasteiger partial charge on any atom is -0.396 e. The van der Waals surface area contributed by atoms with Crippen molar-refractivity contribution in [3.05, 3.63) is 34.1 Å². The van der Waals surface area contributed by atoms with Crippen LogP contribution in [-0.4, -0.2) is 35.7 Å². The predicted octanol–water partition coefficient (Wildman–Crippen LogP) is 2.50. The number of likely N-dealkylation sites (tertiary alicyclic amines) is 1. The van der Waals surface area contributed by atoms with Crippen LogP contribution >= 0.6 is 15.9 Å². The third-order valence-corrected chi connectivity index (χ3v) is 3.89. The van der Waals surface area contributed by atoms with Crippen molar-refractivity contribution in [2.24, 2.45) is 5.92 Å². The molecular weight excluding hydrogens is 327 g/mol. The summed E-state index contributed by atoms with van der Waals surface area (Å²) in [6.07, 6.45) is 1.86. The highest BCUT2D eigenvalue weighted by atomic mass is 79.9. The quantitative estimate of drug-likeness (QED) is 0.885. The molecule has 4 nitrogen and oxygen atoms in total. The Morgan fingerprint density at radius 1 is 1.50 bits per heavy atom. The molecule has 1 saturated heterocycles. The average molecular weight is 345 g/mol. The molecule has 0 saturated carbocycles. The van der Waals surface area contributed by atoms with Gasteiger partial charge in [-0.25, -0.2) is 9.18 Å². The van der Waals surface area contributed by atoms with Crippen molar-refractivity contribution >= 4 is 22.0 Å². The van der Waals surface area contributed by atoms with Crippen LogP contribution in [0.2, 0.25) is 0 Å². The molecule has 2 amide bonds.